The molecule has 0 atom stereocenters. The van der Waals surface area contributed by atoms with E-state index in [1.165, 1.54) is 32.1 Å². The number of aromatic nitrogens is 2. The first kappa shape index (κ1) is 9.44. The molecule has 0 radical (unpaired) electrons. The number of anilines is 1. The van der Waals surface area contributed by atoms with Crippen molar-refractivity contribution in [3.05, 3.63) is 18.5 Å². The van der Waals surface area contributed by atoms with Crippen LogP contribution in [0, 0.1) is 5.92 Å². The van der Waals surface area contributed by atoms with Crippen LogP contribution in [0.2, 0.25) is 0 Å². The molecule has 1 aromatic heterocycles. The average molecular weight is 191 g/mol. The fourth-order valence-electron chi connectivity index (χ4n) is 2.02. The Labute approximate surface area is 85.0 Å². The second kappa shape index (κ2) is 4.94. The van der Waals surface area contributed by atoms with Gasteiger partial charge in [-0.05, 0) is 24.8 Å². The number of hydrogen-bond acceptors (Lipinski definition) is 3. The molecular formula is C11H17N3. The largest absolute Gasteiger partial charge is 0.354 e. The second-order valence-corrected chi connectivity index (χ2v) is 3.96. The Morgan fingerprint density at radius 3 is 2.57 bits per heavy atom. The summed E-state index contributed by atoms with van der Waals surface area (Å²) in [5, 5.41) is 3.29. The third-order valence-corrected chi connectivity index (χ3v) is 2.84. The van der Waals surface area contributed by atoms with Crippen molar-refractivity contribution in [2.24, 2.45) is 5.92 Å². The zero-order valence-electron chi connectivity index (χ0n) is 8.45. The molecule has 0 unspecified atom stereocenters. The molecule has 2 rings (SSSR count). The topological polar surface area (TPSA) is 37.8 Å². The van der Waals surface area contributed by atoms with Crippen molar-refractivity contribution in [2.75, 3.05) is 11.9 Å². The van der Waals surface area contributed by atoms with Gasteiger partial charge in [-0.3, -0.25) is 0 Å². The van der Waals surface area contributed by atoms with Crippen molar-refractivity contribution >= 4 is 5.95 Å². The van der Waals surface area contributed by atoms with Crippen LogP contribution in [0.15, 0.2) is 18.5 Å². The predicted octanol–water partition coefficient (Wildman–Crippen LogP) is 2.47. The zero-order valence-corrected chi connectivity index (χ0v) is 8.45. The van der Waals surface area contributed by atoms with Crippen LogP contribution in [0.1, 0.15) is 32.1 Å². The van der Waals surface area contributed by atoms with E-state index in [0.29, 0.717) is 0 Å². The van der Waals surface area contributed by atoms with E-state index in [0.717, 1.165) is 18.4 Å². The monoisotopic (exact) mass is 191 g/mol. The van der Waals surface area contributed by atoms with E-state index >= 15 is 0 Å². The van der Waals surface area contributed by atoms with Crippen molar-refractivity contribution in [1.29, 1.82) is 0 Å². The van der Waals surface area contributed by atoms with Crippen molar-refractivity contribution in [3.63, 3.8) is 0 Å². The normalized spacial score (nSPS) is 18.0. The fraction of sp³-hybridized carbons (Fsp3) is 0.636. The van der Waals surface area contributed by atoms with E-state index in [-0.39, 0.29) is 0 Å². The quantitative estimate of drug-likeness (QED) is 0.797. The molecule has 0 amide bonds. The third kappa shape index (κ3) is 2.69. The minimum atomic E-state index is 0.762. The minimum Gasteiger partial charge on any atom is -0.354 e. The summed E-state index contributed by atoms with van der Waals surface area (Å²) < 4.78 is 0. The van der Waals surface area contributed by atoms with Crippen molar-refractivity contribution < 1.29 is 0 Å². The summed E-state index contributed by atoms with van der Waals surface area (Å²) in [6.07, 6.45) is 10.5. The van der Waals surface area contributed by atoms with Crippen LogP contribution in [0.25, 0.3) is 0 Å². The highest BCUT2D eigenvalue weighted by Gasteiger charge is 2.12. The molecule has 1 heterocycles. The van der Waals surface area contributed by atoms with E-state index in [9.17, 15) is 0 Å². The van der Waals surface area contributed by atoms with Crippen LogP contribution < -0.4 is 5.32 Å². The maximum atomic E-state index is 4.14. The molecule has 76 valence electrons. The highest BCUT2D eigenvalue weighted by molar-refractivity contribution is 5.21. The first-order valence-corrected chi connectivity index (χ1v) is 5.46. The van der Waals surface area contributed by atoms with Gasteiger partial charge in [0.2, 0.25) is 5.95 Å². The molecule has 1 aliphatic carbocycles. The number of hydrogen-bond donors (Lipinski definition) is 1. The number of rotatable bonds is 3. The lowest BCUT2D eigenvalue weighted by Crippen LogP contribution is -2.18. The molecule has 1 aromatic rings. The zero-order chi connectivity index (χ0) is 9.64. The number of nitrogens with zero attached hydrogens (tertiary/aromatic N) is 2. The van der Waals surface area contributed by atoms with Crippen LogP contribution in [0.5, 0.6) is 0 Å². The Morgan fingerprint density at radius 2 is 1.86 bits per heavy atom. The van der Waals surface area contributed by atoms with Gasteiger partial charge in [-0.2, -0.15) is 0 Å². The lowest BCUT2D eigenvalue weighted by Gasteiger charge is -2.21. The first-order valence-electron chi connectivity index (χ1n) is 5.46. The summed E-state index contributed by atoms with van der Waals surface area (Å²) in [6, 6.07) is 1.84. The fourth-order valence-corrected chi connectivity index (χ4v) is 2.02. The molecule has 0 aromatic carbocycles. The molecule has 0 spiro atoms. The summed E-state index contributed by atoms with van der Waals surface area (Å²) in [7, 11) is 0. The van der Waals surface area contributed by atoms with E-state index in [1.807, 2.05) is 6.07 Å². The van der Waals surface area contributed by atoms with Gasteiger partial charge in [0.15, 0.2) is 0 Å². The van der Waals surface area contributed by atoms with Gasteiger partial charge in [-0.15, -0.1) is 0 Å². The Morgan fingerprint density at radius 1 is 1.14 bits per heavy atom. The minimum absolute atomic E-state index is 0.762. The third-order valence-electron chi connectivity index (χ3n) is 2.84. The maximum absolute atomic E-state index is 4.14. The summed E-state index contributed by atoms with van der Waals surface area (Å²) >= 11 is 0. The summed E-state index contributed by atoms with van der Waals surface area (Å²) in [6.45, 7) is 1.03. The molecule has 1 aliphatic rings. The van der Waals surface area contributed by atoms with Gasteiger partial charge in [0.05, 0.1) is 0 Å². The Bertz CT molecular complexity index is 254. The molecule has 14 heavy (non-hydrogen) atoms. The Kier molecular flexibility index (Phi) is 3.33. The van der Waals surface area contributed by atoms with E-state index < -0.39 is 0 Å². The van der Waals surface area contributed by atoms with Gasteiger partial charge >= 0.3 is 0 Å². The van der Waals surface area contributed by atoms with Crippen LogP contribution >= 0.6 is 0 Å². The second-order valence-electron chi connectivity index (χ2n) is 3.96. The molecular weight excluding hydrogens is 174 g/mol. The molecule has 1 N–H and O–H groups in total. The smallest absolute Gasteiger partial charge is 0.222 e. The predicted molar refractivity (Wildman–Crippen MR) is 57.1 cm³/mol. The van der Waals surface area contributed by atoms with Gasteiger partial charge in [0, 0.05) is 18.9 Å². The van der Waals surface area contributed by atoms with E-state index in [4.69, 9.17) is 0 Å². The van der Waals surface area contributed by atoms with Crippen molar-refractivity contribution in [3.8, 4) is 0 Å². The molecule has 3 heteroatoms. The lowest BCUT2D eigenvalue weighted by atomic mass is 9.89. The van der Waals surface area contributed by atoms with Gasteiger partial charge in [-0.1, -0.05) is 19.3 Å². The molecule has 0 saturated heterocycles. The van der Waals surface area contributed by atoms with Crippen molar-refractivity contribution in [2.45, 2.75) is 32.1 Å². The molecule has 3 nitrogen and oxygen atoms in total. The highest BCUT2D eigenvalue weighted by atomic mass is 15.1. The van der Waals surface area contributed by atoms with Crippen molar-refractivity contribution in [1.82, 2.24) is 9.97 Å². The van der Waals surface area contributed by atoms with Crippen LogP contribution in [0.3, 0.4) is 0 Å². The van der Waals surface area contributed by atoms with Crippen LogP contribution in [0.4, 0.5) is 5.95 Å². The average Bonchev–Trinajstić information content (AvgIpc) is 2.29. The Balaban J connectivity index is 1.76. The summed E-state index contributed by atoms with van der Waals surface area (Å²) in [5.74, 6) is 1.59. The number of nitrogens with one attached hydrogen (secondary N) is 1. The highest BCUT2D eigenvalue weighted by Crippen LogP contribution is 2.23. The van der Waals surface area contributed by atoms with Gasteiger partial charge < -0.3 is 5.32 Å². The van der Waals surface area contributed by atoms with Gasteiger partial charge in [0.1, 0.15) is 0 Å². The molecule has 0 bridgehead atoms. The molecule has 1 fully saturated rings. The maximum Gasteiger partial charge on any atom is 0.222 e. The van der Waals surface area contributed by atoms with Crippen LogP contribution in [-0.4, -0.2) is 16.5 Å². The van der Waals surface area contributed by atoms with E-state index in [1.54, 1.807) is 12.4 Å². The first-order chi connectivity index (χ1) is 6.95. The Hall–Kier alpha value is -1.12. The van der Waals surface area contributed by atoms with Crippen LogP contribution in [-0.2, 0) is 0 Å². The summed E-state index contributed by atoms with van der Waals surface area (Å²) in [5.41, 5.74) is 0. The van der Waals surface area contributed by atoms with E-state index in [2.05, 4.69) is 15.3 Å². The van der Waals surface area contributed by atoms with Gasteiger partial charge in [-0.25, -0.2) is 9.97 Å². The summed E-state index contributed by atoms with van der Waals surface area (Å²) in [4.78, 5) is 8.28. The SMILES string of the molecule is c1cnc(NCC2CCCCC2)nc1. The lowest BCUT2D eigenvalue weighted by molar-refractivity contribution is 0.373. The molecule has 0 aliphatic heterocycles. The van der Waals surface area contributed by atoms with Gasteiger partial charge in [0.25, 0.3) is 0 Å². The molecule has 1 saturated carbocycles. The standard InChI is InChI=1S/C11H17N3/c1-2-5-10(6-3-1)9-14-11-12-7-4-8-13-11/h4,7-8,10H,1-3,5-6,9H2,(H,12,13,14).